The third-order valence-corrected chi connectivity index (χ3v) is 7.89. The third-order valence-electron chi connectivity index (χ3n) is 6.91. The smallest absolute Gasteiger partial charge is 0.457 e. The lowest BCUT2D eigenvalue weighted by Crippen LogP contribution is -2.64. The number of carbonyl (C=O) groups excluding carboxylic acids is 1. The van der Waals surface area contributed by atoms with Gasteiger partial charge in [-0.1, -0.05) is 83.3 Å². The minimum Gasteiger partial charge on any atom is -0.457 e. The summed E-state index contributed by atoms with van der Waals surface area (Å²) in [5, 5.41) is 58.2. The van der Waals surface area contributed by atoms with E-state index in [1.54, 1.807) is 0 Å². The molecular formula is C27H51O12P. The standard InChI is InChI=1S/C27H51O12P/c1-2-3-4-5-6-7-8-9-10-11-12-13-14-15-16-17-21(29)38-20(18-28)19-37-40(35,36)39-27-25(33)23(31)22(30)24(32)26(27)34/h14-15,20,22-28,30-34H,2-13,16-19H2,1H3,(H,35,36). The fraction of sp³-hybridized carbons (Fsp3) is 0.889. The summed E-state index contributed by atoms with van der Waals surface area (Å²) in [5.41, 5.74) is 0. The molecule has 1 saturated carbocycles. The number of rotatable bonds is 22. The Balaban J connectivity index is 2.20. The zero-order valence-electron chi connectivity index (χ0n) is 23.6. The van der Waals surface area contributed by atoms with Crippen LogP contribution in [0.1, 0.15) is 96.8 Å². The van der Waals surface area contributed by atoms with E-state index in [-0.39, 0.29) is 6.42 Å². The molecule has 13 heteroatoms. The van der Waals surface area contributed by atoms with Crippen molar-refractivity contribution in [2.75, 3.05) is 13.2 Å². The molecule has 236 valence electrons. The second-order valence-electron chi connectivity index (χ2n) is 10.4. The Morgan fingerprint density at radius 1 is 0.775 bits per heavy atom. The van der Waals surface area contributed by atoms with Crippen LogP contribution in [-0.4, -0.2) is 97.4 Å². The van der Waals surface area contributed by atoms with Crippen LogP contribution >= 0.6 is 7.82 Å². The van der Waals surface area contributed by atoms with Gasteiger partial charge in [-0.3, -0.25) is 13.8 Å². The van der Waals surface area contributed by atoms with Gasteiger partial charge in [-0.05, 0) is 19.3 Å². The number of esters is 1. The molecule has 1 aliphatic rings. The second kappa shape index (κ2) is 20.9. The summed E-state index contributed by atoms with van der Waals surface area (Å²) in [6, 6.07) is 0. The number of ether oxygens (including phenoxy) is 1. The van der Waals surface area contributed by atoms with E-state index in [1.807, 2.05) is 12.2 Å². The summed E-state index contributed by atoms with van der Waals surface area (Å²) >= 11 is 0. The Kier molecular flexibility index (Phi) is 19.4. The lowest BCUT2D eigenvalue weighted by Gasteiger charge is -2.41. The van der Waals surface area contributed by atoms with E-state index >= 15 is 0 Å². The number of carbonyl (C=O) groups is 1. The molecule has 6 atom stereocenters. The lowest BCUT2D eigenvalue weighted by molar-refractivity contribution is -0.220. The predicted octanol–water partition coefficient (Wildman–Crippen LogP) is 2.25. The molecular weight excluding hydrogens is 547 g/mol. The van der Waals surface area contributed by atoms with Crippen molar-refractivity contribution in [3.05, 3.63) is 12.2 Å². The summed E-state index contributed by atoms with van der Waals surface area (Å²) in [6.45, 7) is 0.780. The van der Waals surface area contributed by atoms with E-state index in [2.05, 4.69) is 11.4 Å². The van der Waals surface area contributed by atoms with Crippen LogP contribution < -0.4 is 0 Å². The molecule has 0 aromatic rings. The molecule has 0 spiro atoms. The lowest BCUT2D eigenvalue weighted by atomic mass is 9.85. The number of hydrogen-bond donors (Lipinski definition) is 7. The van der Waals surface area contributed by atoms with Gasteiger partial charge in [0.25, 0.3) is 0 Å². The van der Waals surface area contributed by atoms with Crippen LogP contribution in [-0.2, 0) is 23.1 Å². The average Bonchev–Trinajstić information content (AvgIpc) is 2.93. The van der Waals surface area contributed by atoms with Gasteiger partial charge in [-0.15, -0.1) is 0 Å². The molecule has 0 bridgehead atoms. The Hall–Kier alpha value is -0.920. The molecule has 0 aromatic heterocycles. The van der Waals surface area contributed by atoms with Crippen molar-refractivity contribution in [1.29, 1.82) is 0 Å². The first-order valence-electron chi connectivity index (χ1n) is 14.6. The maximum Gasteiger partial charge on any atom is 0.472 e. The fourth-order valence-electron chi connectivity index (χ4n) is 4.42. The molecule has 7 N–H and O–H groups in total. The van der Waals surface area contributed by atoms with Crippen LogP contribution in [0, 0.1) is 0 Å². The quantitative estimate of drug-likeness (QED) is 0.0415. The largest absolute Gasteiger partial charge is 0.472 e. The van der Waals surface area contributed by atoms with Crippen molar-refractivity contribution in [3.8, 4) is 0 Å². The maximum absolute atomic E-state index is 12.2. The molecule has 40 heavy (non-hydrogen) atoms. The summed E-state index contributed by atoms with van der Waals surface area (Å²) in [6.07, 6.45) is 6.33. The van der Waals surface area contributed by atoms with Crippen LogP contribution in [0.2, 0.25) is 0 Å². The molecule has 0 radical (unpaired) electrons. The molecule has 0 heterocycles. The number of allylic oxidation sites excluding steroid dienone is 2. The number of aliphatic hydroxyl groups excluding tert-OH is 6. The highest BCUT2D eigenvalue weighted by Gasteiger charge is 2.51. The topological polar surface area (TPSA) is 203 Å². The first-order valence-corrected chi connectivity index (χ1v) is 16.0. The monoisotopic (exact) mass is 598 g/mol. The van der Waals surface area contributed by atoms with Gasteiger partial charge in [0, 0.05) is 6.42 Å². The summed E-state index contributed by atoms with van der Waals surface area (Å²) in [7, 11) is -5.01. The highest BCUT2D eigenvalue weighted by atomic mass is 31.2. The van der Waals surface area contributed by atoms with Crippen molar-refractivity contribution in [3.63, 3.8) is 0 Å². The molecule has 0 saturated heterocycles. The molecule has 6 unspecified atom stereocenters. The van der Waals surface area contributed by atoms with Crippen molar-refractivity contribution in [1.82, 2.24) is 0 Å². The van der Waals surface area contributed by atoms with Crippen molar-refractivity contribution in [2.24, 2.45) is 0 Å². The van der Waals surface area contributed by atoms with Crippen molar-refractivity contribution >= 4 is 13.8 Å². The van der Waals surface area contributed by atoms with E-state index in [0.29, 0.717) is 6.42 Å². The Morgan fingerprint density at radius 3 is 1.77 bits per heavy atom. The molecule has 0 aromatic carbocycles. The minimum atomic E-state index is -5.01. The zero-order chi connectivity index (χ0) is 30.0. The van der Waals surface area contributed by atoms with Gasteiger partial charge in [0.2, 0.25) is 0 Å². The second-order valence-corrected chi connectivity index (χ2v) is 11.8. The highest BCUT2D eigenvalue weighted by Crippen LogP contribution is 2.47. The number of phosphoric acid groups is 1. The summed E-state index contributed by atoms with van der Waals surface area (Å²) < 4.78 is 26.7. The van der Waals surface area contributed by atoms with Gasteiger partial charge < -0.3 is 40.3 Å². The van der Waals surface area contributed by atoms with E-state index in [0.717, 1.165) is 12.8 Å². The Labute approximate surface area is 237 Å². The molecule has 0 amide bonds. The number of hydrogen-bond acceptors (Lipinski definition) is 11. The summed E-state index contributed by atoms with van der Waals surface area (Å²) in [4.78, 5) is 21.9. The summed E-state index contributed by atoms with van der Waals surface area (Å²) in [5.74, 6) is -0.644. The Bertz CT molecular complexity index is 735. The zero-order valence-corrected chi connectivity index (χ0v) is 24.5. The molecule has 1 aliphatic carbocycles. The first kappa shape index (κ1) is 37.1. The van der Waals surface area contributed by atoms with Crippen LogP contribution in [0.4, 0.5) is 0 Å². The molecule has 12 nitrogen and oxygen atoms in total. The van der Waals surface area contributed by atoms with Crippen LogP contribution in [0.3, 0.4) is 0 Å². The minimum absolute atomic E-state index is 0.0388. The normalized spacial score (nSPS) is 27.5. The van der Waals surface area contributed by atoms with E-state index in [9.17, 15) is 44.9 Å². The van der Waals surface area contributed by atoms with E-state index in [4.69, 9.17) is 9.26 Å². The van der Waals surface area contributed by atoms with Crippen LogP contribution in [0.25, 0.3) is 0 Å². The fourth-order valence-corrected chi connectivity index (χ4v) is 5.39. The van der Waals surface area contributed by atoms with E-state index < -0.39 is 69.7 Å². The number of phosphoric ester groups is 1. The highest BCUT2D eigenvalue weighted by molar-refractivity contribution is 7.47. The molecule has 1 rings (SSSR count). The average molecular weight is 599 g/mol. The van der Waals surface area contributed by atoms with Gasteiger partial charge in [0.15, 0.2) is 0 Å². The van der Waals surface area contributed by atoms with Gasteiger partial charge in [-0.2, -0.15) is 0 Å². The van der Waals surface area contributed by atoms with Gasteiger partial charge in [-0.25, -0.2) is 4.57 Å². The molecule has 0 aliphatic heterocycles. The first-order chi connectivity index (χ1) is 19.0. The van der Waals surface area contributed by atoms with Crippen LogP contribution in [0.15, 0.2) is 12.2 Å². The number of aliphatic hydroxyl groups is 6. The number of unbranched alkanes of at least 4 members (excludes halogenated alkanes) is 11. The predicted molar refractivity (Wildman–Crippen MR) is 147 cm³/mol. The third kappa shape index (κ3) is 14.8. The van der Waals surface area contributed by atoms with Gasteiger partial charge in [0.1, 0.15) is 42.7 Å². The van der Waals surface area contributed by atoms with Crippen molar-refractivity contribution < 1.29 is 58.7 Å². The van der Waals surface area contributed by atoms with Crippen molar-refractivity contribution in [2.45, 2.75) is 140 Å². The molecule has 1 fully saturated rings. The van der Waals surface area contributed by atoms with Gasteiger partial charge >= 0.3 is 13.8 Å². The van der Waals surface area contributed by atoms with E-state index in [1.165, 1.54) is 64.2 Å². The Morgan fingerprint density at radius 2 is 1.25 bits per heavy atom. The van der Waals surface area contributed by atoms with Crippen LogP contribution in [0.5, 0.6) is 0 Å². The van der Waals surface area contributed by atoms with Gasteiger partial charge in [0.05, 0.1) is 13.2 Å². The maximum atomic E-state index is 12.2. The SMILES string of the molecule is CCCCCCCCCCCCCC=CCCC(=O)OC(CO)COP(=O)(O)OC1C(O)C(O)C(O)C(O)C1O.